The van der Waals surface area contributed by atoms with E-state index in [1.807, 2.05) is 0 Å². The molecule has 3 fully saturated rings. The van der Waals surface area contributed by atoms with Crippen LogP contribution in [-0.4, -0.2) is 63.9 Å². The van der Waals surface area contributed by atoms with Gasteiger partial charge >= 0.3 is 0 Å². The molecular formula is C26H27FN4O4. The van der Waals surface area contributed by atoms with Crippen molar-refractivity contribution in [1.29, 1.82) is 0 Å². The SMILES string of the molecule is O=C(Cc1c(O)c2cc(-c3ccc(F)cc3)cnc2n(CCN2CCOCC2)c1=O)NC12CC1C2. The summed E-state index contributed by atoms with van der Waals surface area (Å²) in [5.74, 6) is -0.244. The number of rotatable bonds is 7. The summed E-state index contributed by atoms with van der Waals surface area (Å²) in [6.45, 7) is 3.87. The molecule has 8 nitrogen and oxygen atoms in total. The van der Waals surface area contributed by atoms with E-state index in [4.69, 9.17) is 4.74 Å². The molecule has 0 spiro atoms. The highest BCUT2D eigenvalue weighted by Gasteiger charge is 2.70. The first kappa shape index (κ1) is 22.2. The number of halogens is 1. The van der Waals surface area contributed by atoms with Gasteiger partial charge in [0.1, 0.15) is 17.2 Å². The molecule has 1 amide bonds. The predicted octanol–water partition coefficient (Wildman–Crippen LogP) is 2.06. The lowest BCUT2D eigenvalue weighted by Gasteiger charge is -2.27. The number of amides is 1. The molecule has 35 heavy (non-hydrogen) atoms. The summed E-state index contributed by atoms with van der Waals surface area (Å²) in [6.07, 6.45) is 3.42. The Morgan fingerprint density at radius 2 is 1.89 bits per heavy atom. The van der Waals surface area contributed by atoms with Crippen molar-refractivity contribution in [3.05, 3.63) is 58.3 Å². The molecule has 0 atom stereocenters. The van der Waals surface area contributed by atoms with E-state index in [1.165, 1.54) is 12.1 Å². The third-order valence-corrected chi connectivity index (χ3v) is 7.50. The Hall–Kier alpha value is -3.30. The zero-order chi connectivity index (χ0) is 24.2. The summed E-state index contributed by atoms with van der Waals surface area (Å²) in [5, 5.41) is 14.6. The van der Waals surface area contributed by atoms with Crippen LogP contribution in [0.2, 0.25) is 0 Å². The van der Waals surface area contributed by atoms with Gasteiger partial charge in [-0.25, -0.2) is 9.37 Å². The number of nitrogens with one attached hydrogen (secondary N) is 1. The minimum absolute atomic E-state index is 0.0593. The van der Waals surface area contributed by atoms with E-state index in [0.717, 1.165) is 31.5 Å². The number of morpholine rings is 1. The first-order chi connectivity index (χ1) is 16.9. The van der Waals surface area contributed by atoms with Crippen molar-refractivity contribution in [1.82, 2.24) is 19.8 Å². The number of aromatic nitrogens is 2. The van der Waals surface area contributed by atoms with Crippen LogP contribution in [0.15, 0.2) is 41.3 Å². The summed E-state index contributed by atoms with van der Waals surface area (Å²) in [4.78, 5) is 33.0. The van der Waals surface area contributed by atoms with Gasteiger partial charge in [0.15, 0.2) is 0 Å². The van der Waals surface area contributed by atoms with Crippen molar-refractivity contribution in [3.63, 3.8) is 0 Å². The van der Waals surface area contributed by atoms with Gasteiger partial charge in [-0.2, -0.15) is 0 Å². The third kappa shape index (κ3) is 4.19. The summed E-state index contributed by atoms with van der Waals surface area (Å²) in [6, 6.07) is 7.74. The van der Waals surface area contributed by atoms with Gasteiger partial charge < -0.3 is 15.2 Å². The fraction of sp³-hybridized carbons (Fsp3) is 0.423. The van der Waals surface area contributed by atoms with Crippen LogP contribution in [0.3, 0.4) is 0 Å². The Bertz CT molecular complexity index is 1360. The molecule has 1 saturated heterocycles. The second kappa shape index (κ2) is 8.42. The maximum atomic E-state index is 13.5. The number of aromatic hydroxyl groups is 1. The number of pyridine rings is 2. The van der Waals surface area contributed by atoms with Crippen molar-refractivity contribution in [2.45, 2.75) is 31.3 Å². The fourth-order valence-corrected chi connectivity index (χ4v) is 4.99. The number of fused-ring (bicyclic) bond motifs is 2. The molecule has 1 aromatic carbocycles. The van der Waals surface area contributed by atoms with Crippen molar-refractivity contribution in [2.24, 2.45) is 5.92 Å². The molecule has 1 aliphatic heterocycles. The normalized spacial score (nSPS) is 23.2. The molecular weight excluding hydrogens is 451 g/mol. The first-order valence-corrected chi connectivity index (χ1v) is 12.0. The molecule has 9 heteroatoms. The summed E-state index contributed by atoms with van der Waals surface area (Å²) >= 11 is 0. The van der Waals surface area contributed by atoms with E-state index < -0.39 is 5.56 Å². The Balaban J connectivity index is 1.39. The van der Waals surface area contributed by atoms with Crippen LogP contribution >= 0.6 is 0 Å². The lowest BCUT2D eigenvalue weighted by atomic mass is 10.0. The monoisotopic (exact) mass is 478 g/mol. The smallest absolute Gasteiger partial charge is 0.259 e. The van der Waals surface area contributed by atoms with E-state index in [9.17, 15) is 19.1 Å². The zero-order valence-corrected chi connectivity index (χ0v) is 19.3. The van der Waals surface area contributed by atoms with Crippen LogP contribution in [-0.2, 0) is 22.5 Å². The Morgan fingerprint density at radius 3 is 2.57 bits per heavy atom. The number of carbonyl (C=O) groups is 1. The Labute approximate surface area is 201 Å². The summed E-state index contributed by atoms with van der Waals surface area (Å²) < 4.78 is 20.4. The summed E-state index contributed by atoms with van der Waals surface area (Å²) in [7, 11) is 0. The van der Waals surface area contributed by atoms with Crippen LogP contribution in [0, 0.1) is 11.7 Å². The lowest BCUT2D eigenvalue weighted by molar-refractivity contribution is -0.121. The average Bonchev–Trinajstić information content (AvgIpc) is 3.73. The van der Waals surface area contributed by atoms with Crippen LogP contribution in [0.1, 0.15) is 18.4 Å². The molecule has 2 N–H and O–H groups in total. The van der Waals surface area contributed by atoms with Gasteiger partial charge in [-0.05, 0) is 42.5 Å². The van der Waals surface area contributed by atoms with E-state index in [0.29, 0.717) is 48.8 Å². The van der Waals surface area contributed by atoms with Gasteiger partial charge in [-0.15, -0.1) is 0 Å². The minimum Gasteiger partial charge on any atom is -0.507 e. The zero-order valence-electron chi connectivity index (χ0n) is 19.3. The van der Waals surface area contributed by atoms with Gasteiger partial charge in [0.2, 0.25) is 5.91 Å². The number of benzene rings is 1. The molecule has 0 bridgehead atoms. The highest BCUT2D eigenvalue weighted by atomic mass is 19.1. The highest BCUT2D eigenvalue weighted by molar-refractivity contribution is 5.90. The summed E-state index contributed by atoms with van der Waals surface area (Å²) in [5.41, 5.74) is 1.39. The predicted molar refractivity (Wildman–Crippen MR) is 128 cm³/mol. The topological polar surface area (TPSA) is 96.7 Å². The Kier molecular flexibility index (Phi) is 5.34. The van der Waals surface area contributed by atoms with Crippen LogP contribution in [0.5, 0.6) is 5.75 Å². The quantitative estimate of drug-likeness (QED) is 0.540. The van der Waals surface area contributed by atoms with Crippen molar-refractivity contribution in [3.8, 4) is 16.9 Å². The molecule has 2 aliphatic carbocycles. The van der Waals surface area contributed by atoms with Crippen LogP contribution in [0.4, 0.5) is 4.39 Å². The molecule has 3 aliphatic rings. The van der Waals surface area contributed by atoms with E-state index >= 15 is 0 Å². The van der Waals surface area contributed by atoms with Gasteiger partial charge in [0.25, 0.3) is 5.56 Å². The number of hydrogen-bond donors (Lipinski definition) is 2. The molecule has 2 aromatic heterocycles. The van der Waals surface area contributed by atoms with Gasteiger partial charge in [-0.1, -0.05) is 12.1 Å². The first-order valence-electron chi connectivity index (χ1n) is 12.0. The lowest BCUT2D eigenvalue weighted by Crippen LogP contribution is -2.40. The van der Waals surface area contributed by atoms with Crippen LogP contribution < -0.4 is 10.9 Å². The number of nitrogens with zero attached hydrogens (tertiary/aromatic N) is 3. The number of hydrogen-bond acceptors (Lipinski definition) is 6. The van der Waals surface area contributed by atoms with Crippen LogP contribution in [0.25, 0.3) is 22.2 Å². The second-order valence-electron chi connectivity index (χ2n) is 9.83. The highest BCUT2D eigenvalue weighted by Crippen LogP contribution is 2.66. The molecule has 6 rings (SSSR count). The van der Waals surface area contributed by atoms with Crippen molar-refractivity contribution < 1.29 is 19.0 Å². The maximum absolute atomic E-state index is 13.5. The maximum Gasteiger partial charge on any atom is 0.259 e. The minimum atomic E-state index is -0.402. The molecule has 2 saturated carbocycles. The molecule has 182 valence electrons. The molecule has 3 heterocycles. The number of carbonyl (C=O) groups excluding carboxylic acids is 1. The van der Waals surface area contributed by atoms with E-state index in [-0.39, 0.29) is 35.0 Å². The largest absolute Gasteiger partial charge is 0.507 e. The van der Waals surface area contributed by atoms with E-state index in [2.05, 4.69) is 15.2 Å². The Morgan fingerprint density at radius 1 is 1.17 bits per heavy atom. The van der Waals surface area contributed by atoms with Gasteiger partial charge in [-0.3, -0.25) is 19.1 Å². The molecule has 0 unspecified atom stereocenters. The van der Waals surface area contributed by atoms with Crippen molar-refractivity contribution in [2.75, 3.05) is 32.8 Å². The van der Waals surface area contributed by atoms with E-state index in [1.54, 1.807) is 29.0 Å². The fourth-order valence-electron chi connectivity index (χ4n) is 4.99. The molecule has 0 radical (unpaired) electrons. The average molecular weight is 479 g/mol. The molecule has 3 aromatic rings. The van der Waals surface area contributed by atoms with Gasteiger partial charge in [0, 0.05) is 43.5 Å². The second-order valence-corrected chi connectivity index (χ2v) is 9.83. The van der Waals surface area contributed by atoms with Gasteiger partial charge in [0.05, 0.1) is 30.6 Å². The number of ether oxygens (including phenoxy) is 1. The van der Waals surface area contributed by atoms with Crippen molar-refractivity contribution >= 4 is 16.9 Å². The standard InChI is InChI=1S/C26H27FN4O4/c27-19-3-1-16(2-4-19)17-11-20-23(33)21(12-22(32)29-26-13-18(26)14-26)25(34)31(24(20)28-15-17)6-5-30-7-9-35-10-8-30/h1-4,11,15,18,33H,5-10,12-14H2,(H,29,32). The third-order valence-electron chi connectivity index (χ3n) is 7.50.